The highest BCUT2D eigenvalue weighted by atomic mass is 16.4. The molecule has 32 nitrogen and oxygen atoms in total. The molecule has 1 aromatic heterocycles. The van der Waals surface area contributed by atoms with Gasteiger partial charge in [-0.1, -0.05) is 142 Å². The zero-order valence-electron chi connectivity index (χ0n) is 63.4. The smallest absolute Gasteiger partial charge is 0.303 e. The van der Waals surface area contributed by atoms with E-state index in [0.29, 0.717) is 52.4 Å². The molecular formula is C80H107N15O17. The van der Waals surface area contributed by atoms with Gasteiger partial charge in [-0.2, -0.15) is 0 Å². The van der Waals surface area contributed by atoms with Gasteiger partial charge >= 0.3 is 5.97 Å². The van der Waals surface area contributed by atoms with E-state index in [1.165, 1.54) is 31.2 Å². The Morgan fingerprint density at radius 2 is 0.812 bits per heavy atom. The fourth-order valence-electron chi connectivity index (χ4n) is 12.4. The van der Waals surface area contributed by atoms with Gasteiger partial charge in [0.25, 0.3) is 0 Å². The first-order chi connectivity index (χ1) is 53.5. The Labute approximate surface area is 649 Å². The number of rotatable bonds is 48. The summed E-state index contributed by atoms with van der Waals surface area (Å²) < 4.78 is 0. The van der Waals surface area contributed by atoms with Gasteiger partial charge in [0.05, 0.1) is 19.3 Å². The van der Waals surface area contributed by atoms with E-state index < -0.39 is 175 Å². The van der Waals surface area contributed by atoms with Crippen LogP contribution in [0.15, 0.2) is 146 Å². The van der Waals surface area contributed by atoms with Crippen LogP contribution < -0.4 is 75.7 Å². The van der Waals surface area contributed by atoms with Crippen molar-refractivity contribution in [2.24, 2.45) is 29.0 Å². The second-order valence-corrected chi connectivity index (χ2v) is 28.2. The van der Waals surface area contributed by atoms with Crippen molar-refractivity contribution in [3.05, 3.63) is 174 Å². The number of aliphatic hydroxyl groups excluding tert-OH is 2. The van der Waals surface area contributed by atoms with Gasteiger partial charge in [0.15, 0.2) is 0 Å². The molecule has 22 N–H and O–H groups in total. The molecule has 5 aromatic carbocycles. The average Bonchev–Trinajstić information content (AvgIpc) is 1.63. The summed E-state index contributed by atoms with van der Waals surface area (Å²) in [6.07, 6.45) is -0.351. The molecule has 0 aliphatic carbocycles. The van der Waals surface area contributed by atoms with E-state index in [4.69, 9.17) is 17.2 Å². The lowest BCUT2D eigenvalue weighted by atomic mass is 9.99. The maximum Gasteiger partial charge on any atom is 0.303 e. The number of carbonyl (C=O) groups excluding carboxylic acids is 12. The normalized spacial score (nSPS) is 14.4. The molecule has 6 aromatic rings. The number of aliphatic carboxylic acids is 1. The van der Waals surface area contributed by atoms with E-state index in [1.807, 2.05) is 30.3 Å². The summed E-state index contributed by atoms with van der Waals surface area (Å²) in [4.78, 5) is 185. The Bertz CT molecular complexity index is 4090. The standard InChI is InChI=1S/C80H107N15O17/c1-47(2)38-61(76(108)93-65(43-54-44-84-57-27-15-14-26-56(54)57)72(104)85-45-67(99)86-62(40-51-22-10-6-11-23-51)79(111)95-69(49(4)97)70(83)102)91-77(109)64(42-53-30-32-55(98)33-31-53)92-74(106)59(29-17-19-37-82)87-73(105)58(28-16-18-36-81)88-75(107)60(34-35-68(100)101)89-80(112)66(46-96)94-78(110)63(41-52-24-12-7-13-25-52)90-71(103)48(3)39-50-20-8-5-9-21-50/h5-15,20-27,30-33,44,47-49,58-66,69,84,96-98H,16-19,28-29,34-43,45-46,81-82H2,1-4H3,(H2,83,102)(H,85,104)(H,86,99)(H,87,105)(H,88,107)(H,89,112)(H,90,103)(H,91,109)(H,92,106)(H,93,108)(H,94,110)(H,95,111)(H,100,101)/t48-,49+,58-,59-,60-,61-,62-,63-,64-,65-,66-,69-/m0/s1. The number of aliphatic hydroxyl groups is 2. The predicted molar refractivity (Wildman–Crippen MR) is 416 cm³/mol. The number of carbonyl (C=O) groups is 13. The summed E-state index contributed by atoms with van der Waals surface area (Å²) >= 11 is 0. The first kappa shape index (κ1) is 89.3. The molecule has 1 heterocycles. The number of phenols is 1. The molecule has 0 fully saturated rings. The molecule has 6 rings (SSSR count). The number of carboxylic acids is 1. The second-order valence-electron chi connectivity index (χ2n) is 28.2. The highest BCUT2D eigenvalue weighted by Gasteiger charge is 2.37. The van der Waals surface area contributed by atoms with Gasteiger partial charge in [-0.15, -0.1) is 0 Å². The molecule has 12 atom stereocenters. The van der Waals surface area contributed by atoms with Crippen LogP contribution in [0.1, 0.15) is 113 Å². The molecule has 0 aliphatic heterocycles. The lowest BCUT2D eigenvalue weighted by Gasteiger charge is -2.28. The number of hydrogen-bond donors (Lipinski definition) is 19. The van der Waals surface area contributed by atoms with E-state index >= 15 is 4.79 Å². The van der Waals surface area contributed by atoms with Crippen molar-refractivity contribution in [1.82, 2.24) is 63.5 Å². The molecular weight excluding hydrogens is 1440 g/mol. The molecule has 0 saturated heterocycles. The number of para-hydroxylation sites is 1. The molecule has 0 radical (unpaired) electrons. The lowest BCUT2D eigenvalue weighted by Crippen LogP contribution is -2.61. The monoisotopic (exact) mass is 1550 g/mol. The Morgan fingerprint density at radius 1 is 0.420 bits per heavy atom. The number of aromatic nitrogens is 1. The SMILES string of the molecule is CC(C)C[C@H](NC(=O)[C@H](Cc1ccc(O)cc1)NC(=O)[C@H](CCCCN)NC(=O)[C@H](CCCCN)NC(=O)[C@H](CCC(=O)O)NC(=O)[C@H](CO)NC(=O)[C@H](Cc1ccccc1)NC(=O)[C@@H](C)Cc1ccccc1)C(=O)N[C@@H](Cc1c[nH]c2ccccc12)C(=O)NCC(=O)N[C@@H](Cc1ccccc1)C(=O)N[C@H](C(N)=O)[C@@H](C)O. The zero-order valence-corrected chi connectivity index (χ0v) is 63.4. The van der Waals surface area contributed by atoms with E-state index in [1.54, 1.807) is 112 Å². The summed E-state index contributed by atoms with van der Waals surface area (Å²) in [6, 6.07) is 24.2. The zero-order chi connectivity index (χ0) is 81.8. The Balaban J connectivity index is 1.22. The highest BCUT2D eigenvalue weighted by Crippen LogP contribution is 2.21. The Kier molecular flexibility index (Phi) is 36.8. The minimum atomic E-state index is -1.76. The number of carboxylic acid groups (broad SMARTS) is 1. The average molecular weight is 1550 g/mol. The Hall–Kier alpha value is -11.6. The fourth-order valence-corrected chi connectivity index (χ4v) is 12.4. The molecule has 0 aliphatic rings. The number of primary amides is 1. The van der Waals surface area contributed by atoms with Crippen LogP contribution >= 0.6 is 0 Å². The fraction of sp³-hybridized carbons (Fsp3) is 0.438. The van der Waals surface area contributed by atoms with Gasteiger partial charge in [-0.3, -0.25) is 62.3 Å². The third-order valence-corrected chi connectivity index (χ3v) is 18.5. The minimum Gasteiger partial charge on any atom is -0.508 e. The first-order valence-corrected chi connectivity index (χ1v) is 37.5. The summed E-state index contributed by atoms with van der Waals surface area (Å²) in [5.41, 5.74) is 21.0. The van der Waals surface area contributed by atoms with Crippen LogP contribution in [0.2, 0.25) is 0 Å². The number of unbranched alkanes of at least 4 members (excludes halogenated alkanes) is 2. The summed E-state index contributed by atoms with van der Waals surface area (Å²) in [6.45, 7) is 5.03. The number of benzene rings is 5. The summed E-state index contributed by atoms with van der Waals surface area (Å²) in [5, 5.41) is 70.3. The van der Waals surface area contributed by atoms with E-state index in [9.17, 15) is 78.0 Å². The largest absolute Gasteiger partial charge is 0.508 e. The minimum absolute atomic E-state index is 0.0330. The van der Waals surface area contributed by atoms with Gasteiger partial charge in [0, 0.05) is 55.1 Å². The van der Waals surface area contributed by atoms with Gasteiger partial charge < -0.3 is 101 Å². The molecule has 0 spiro atoms. The third-order valence-electron chi connectivity index (χ3n) is 18.5. The molecule has 0 unspecified atom stereocenters. The van der Waals surface area contributed by atoms with Crippen LogP contribution in [0, 0.1) is 11.8 Å². The van der Waals surface area contributed by atoms with Crippen LogP contribution in [0.4, 0.5) is 0 Å². The molecule has 112 heavy (non-hydrogen) atoms. The molecule has 0 bridgehead atoms. The number of fused-ring (bicyclic) bond motifs is 1. The van der Waals surface area contributed by atoms with Crippen molar-refractivity contribution in [2.45, 2.75) is 184 Å². The van der Waals surface area contributed by atoms with Gasteiger partial charge in [0.2, 0.25) is 70.9 Å². The second kappa shape index (κ2) is 46.1. The maximum atomic E-state index is 15.0. The lowest BCUT2D eigenvalue weighted by molar-refractivity contribution is -0.139. The molecule has 0 saturated carbocycles. The van der Waals surface area contributed by atoms with Crippen LogP contribution in [0.3, 0.4) is 0 Å². The van der Waals surface area contributed by atoms with Gasteiger partial charge in [-0.05, 0) is 130 Å². The number of aromatic hydroxyl groups is 1. The van der Waals surface area contributed by atoms with E-state index in [-0.39, 0.29) is 82.5 Å². The van der Waals surface area contributed by atoms with Crippen LogP contribution in [-0.4, -0.2) is 195 Å². The number of aromatic amines is 1. The van der Waals surface area contributed by atoms with Crippen molar-refractivity contribution in [3.8, 4) is 5.75 Å². The molecule has 604 valence electrons. The third kappa shape index (κ3) is 30.0. The van der Waals surface area contributed by atoms with Crippen LogP contribution in [0.25, 0.3) is 10.9 Å². The van der Waals surface area contributed by atoms with Crippen molar-refractivity contribution in [2.75, 3.05) is 26.2 Å². The number of phenolic OH excluding ortho intramolecular Hbond substituents is 1. The van der Waals surface area contributed by atoms with Crippen molar-refractivity contribution in [1.29, 1.82) is 0 Å². The van der Waals surface area contributed by atoms with Crippen molar-refractivity contribution < 1.29 is 82.8 Å². The van der Waals surface area contributed by atoms with E-state index in [0.717, 1.165) is 5.56 Å². The Morgan fingerprint density at radius 3 is 1.29 bits per heavy atom. The van der Waals surface area contributed by atoms with Crippen LogP contribution in [-0.2, 0) is 94.4 Å². The number of nitrogens with two attached hydrogens (primary N) is 3. The summed E-state index contributed by atoms with van der Waals surface area (Å²) in [7, 11) is 0. The van der Waals surface area contributed by atoms with E-state index in [2.05, 4.69) is 63.5 Å². The van der Waals surface area contributed by atoms with Crippen molar-refractivity contribution in [3.63, 3.8) is 0 Å². The molecule has 12 amide bonds. The highest BCUT2D eigenvalue weighted by molar-refractivity contribution is 6.00. The number of amides is 12. The van der Waals surface area contributed by atoms with Gasteiger partial charge in [0.1, 0.15) is 66.2 Å². The number of H-pyrrole nitrogens is 1. The predicted octanol–water partition coefficient (Wildman–Crippen LogP) is 0.0144. The topological polar surface area (TPSA) is 529 Å². The van der Waals surface area contributed by atoms with Gasteiger partial charge in [-0.25, -0.2) is 0 Å². The van der Waals surface area contributed by atoms with Crippen LogP contribution in [0.5, 0.6) is 5.75 Å². The number of nitrogens with one attached hydrogen (secondary N) is 12. The summed E-state index contributed by atoms with van der Waals surface area (Å²) in [5.74, 6) is -13.2. The number of hydrogen-bond acceptors (Lipinski definition) is 18. The quantitative estimate of drug-likeness (QED) is 0.0224. The maximum absolute atomic E-state index is 15.0. The van der Waals surface area contributed by atoms with Crippen molar-refractivity contribution >= 4 is 87.8 Å². The first-order valence-electron chi connectivity index (χ1n) is 37.5. The molecule has 32 heteroatoms.